The number of aryl methyl sites for hydroxylation is 2. The highest BCUT2D eigenvalue weighted by molar-refractivity contribution is 5.37. The molecule has 0 bridgehead atoms. The van der Waals surface area contributed by atoms with Crippen molar-refractivity contribution in [2.24, 2.45) is 0 Å². The maximum atomic E-state index is 3.73. The summed E-state index contributed by atoms with van der Waals surface area (Å²) in [5.41, 5.74) is 4.36. The van der Waals surface area contributed by atoms with Gasteiger partial charge in [0.05, 0.1) is 0 Å². The van der Waals surface area contributed by atoms with E-state index in [1.54, 1.807) is 0 Å². The Morgan fingerprint density at radius 1 is 1.57 bits per heavy atom. The van der Waals surface area contributed by atoms with Gasteiger partial charge in [-0.1, -0.05) is 29.8 Å². The summed E-state index contributed by atoms with van der Waals surface area (Å²) >= 11 is 0. The Labute approximate surface area is 85.8 Å². The Morgan fingerprint density at radius 2 is 2.43 bits per heavy atom. The van der Waals surface area contributed by atoms with E-state index in [9.17, 15) is 0 Å². The van der Waals surface area contributed by atoms with Gasteiger partial charge in [-0.25, -0.2) is 0 Å². The topological polar surface area (TPSA) is 12.0 Å². The molecule has 0 aliphatic heterocycles. The van der Waals surface area contributed by atoms with Crippen molar-refractivity contribution >= 4 is 0 Å². The van der Waals surface area contributed by atoms with E-state index in [2.05, 4.69) is 37.0 Å². The summed E-state index contributed by atoms with van der Waals surface area (Å²) in [5, 5.41) is 3.50. The summed E-state index contributed by atoms with van der Waals surface area (Å²) in [6.45, 7) is 6.79. The second kappa shape index (κ2) is 3.97. The monoisotopic (exact) mass is 187 g/mol. The standard InChI is InChI=1S/C13H17N/c1-3-8-14-13-7-6-11-5-4-10(2)9-12(11)13/h3-5,9,13-14H,1,6-8H2,2H3. The lowest BCUT2D eigenvalue weighted by Crippen LogP contribution is -2.18. The second-order valence-electron chi connectivity index (χ2n) is 3.99. The molecule has 0 heterocycles. The number of fused-ring (bicyclic) bond motifs is 1. The molecule has 0 spiro atoms. The van der Waals surface area contributed by atoms with Gasteiger partial charge in [-0.2, -0.15) is 0 Å². The third-order valence-corrected chi connectivity index (χ3v) is 2.89. The molecule has 1 aliphatic carbocycles. The molecule has 2 rings (SSSR count). The van der Waals surface area contributed by atoms with Crippen molar-refractivity contribution in [1.82, 2.24) is 5.32 Å². The van der Waals surface area contributed by atoms with Crippen molar-refractivity contribution in [3.05, 3.63) is 47.5 Å². The van der Waals surface area contributed by atoms with E-state index in [-0.39, 0.29) is 0 Å². The molecule has 0 fully saturated rings. The summed E-state index contributed by atoms with van der Waals surface area (Å²) in [7, 11) is 0. The molecule has 1 N–H and O–H groups in total. The van der Waals surface area contributed by atoms with Crippen molar-refractivity contribution in [1.29, 1.82) is 0 Å². The van der Waals surface area contributed by atoms with Crippen LogP contribution in [0.25, 0.3) is 0 Å². The summed E-state index contributed by atoms with van der Waals surface area (Å²) < 4.78 is 0. The molecule has 1 aliphatic rings. The van der Waals surface area contributed by atoms with Crippen molar-refractivity contribution < 1.29 is 0 Å². The van der Waals surface area contributed by atoms with Crippen molar-refractivity contribution in [2.45, 2.75) is 25.8 Å². The van der Waals surface area contributed by atoms with Crippen LogP contribution < -0.4 is 5.32 Å². The fourth-order valence-corrected chi connectivity index (χ4v) is 2.16. The van der Waals surface area contributed by atoms with E-state index in [0.29, 0.717) is 6.04 Å². The minimum Gasteiger partial charge on any atom is -0.306 e. The van der Waals surface area contributed by atoms with Crippen molar-refractivity contribution in [3.8, 4) is 0 Å². The van der Waals surface area contributed by atoms with E-state index in [1.165, 1.54) is 29.5 Å². The van der Waals surface area contributed by atoms with Crippen molar-refractivity contribution in [3.63, 3.8) is 0 Å². The first-order chi connectivity index (χ1) is 6.81. The van der Waals surface area contributed by atoms with Gasteiger partial charge in [-0.05, 0) is 30.9 Å². The van der Waals surface area contributed by atoms with E-state index < -0.39 is 0 Å². The lowest BCUT2D eigenvalue weighted by molar-refractivity contribution is 0.564. The van der Waals surface area contributed by atoms with Crippen LogP contribution in [0.5, 0.6) is 0 Å². The highest BCUT2D eigenvalue weighted by Crippen LogP contribution is 2.31. The third-order valence-electron chi connectivity index (χ3n) is 2.89. The third kappa shape index (κ3) is 1.73. The molecule has 1 heteroatoms. The molecule has 0 aromatic heterocycles. The quantitative estimate of drug-likeness (QED) is 0.717. The van der Waals surface area contributed by atoms with Gasteiger partial charge in [0.2, 0.25) is 0 Å². The van der Waals surface area contributed by atoms with E-state index in [1.807, 2.05) is 6.08 Å². The van der Waals surface area contributed by atoms with E-state index in [0.717, 1.165) is 6.54 Å². The minimum atomic E-state index is 0.544. The molecule has 1 aromatic rings. The number of rotatable bonds is 3. The molecule has 1 atom stereocenters. The summed E-state index contributed by atoms with van der Waals surface area (Å²) in [6.07, 6.45) is 4.37. The predicted molar refractivity (Wildman–Crippen MR) is 60.4 cm³/mol. The van der Waals surface area contributed by atoms with Crippen LogP contribution in [0.3, 0.4) is 0 Å². The van der Waals surface area contributed by atoms with Gasteiger partial charge in [0.1, 0.15) is 0 Å². The molecule has 1 unspecified atom stereocenters. The largest absolute Gasteiger partial charge is 0.306 e. The van der Waals surface area contributed by atoms with E-state index >= 15 is 0 Å². The van der Waals surface area contributed by atoms with Crippen LogP contribution in [0.15, 0.2) is 30.9 Å². The van der Waals surface area contributed by atoms with Crippen LogP contribution in [-0.4, -0.2) is 6.54 Å². The van der Waals surface area contributed by atoms with Crippen LogP contribution in [-0.2, 0) is 6.42 Å². The number of benzene rings is 1. The van der Waals surface area contributed by atoms with Crippen LogP contribution in [0.2, 0.25) is 0 Å². The van der Waals surface area contributed by atoms with Gasteiger partial charge in [0.15, 0.2) is 0 Å². The first-order valence-corrected chi connectivity index (χ1v) is 5.25. The van der Waals surface area contributed by atoms with Crippen LogP contribution >= 0.6 is 0 Å². The van der Waals surface area contributed by atoms with Gasteiger partial charge in [0, 0.05) is 12.6 Å². The summed E-state index contributed by atoms with van der Waals surface area (Å²) in [5.74, 6) is 0. The molecule has 74 valence electrons. The fraction of sp³-hybridized carbons (Fsp3) is 0.385. The SMILES string of the molecule is C=CCNC1CCc2ccc(C)cc21. The van der Waals surface area contributed by atoms with Gasteiger partial charge < -0.3 is 5.32 Å². The van der Waals surface area contributed by atoms with Gasteiger partial charge in [-0.3, -0.25) is 0 Å². The molecule has 0 saturated carbocycles. The molecule has 0 radical (unpaired) electrons. The molecule has 1 aromatic carbocycles. The summed E-state index contributed by atoms with van der Waals surface area (Å²) in [4.78, 5) is 0. The Kier molecular flexibility index (Phi) is 2.69. The van der Waals surface area contributed by atoms with Crippen LogP contribution in [0.4, 0.5) is 0 Å². The smallest absolute Gasteiger partial charge is 0.0328 e. The normalized spacial score (nSPS) is 19.4. The first kappa shape index (κ1) is 9.47. The number of hydrogen-bond acceptors (Lipinski definition) is 1. The Morgan fingerprint density at radius 3 is 3.21 bits per heavy atom. The van der Waals surface area contributed by atoms with Gasteiger partial charge in [-0.15, -0.1) is 6.58 Å². The molecular formula is C13H17N. The molecule has 0 amide bonds. The van der Waals surface area contributed by atoms with Crippen LogP contribution in [0.1, 0.15) is 29.2 Å². The lowest BCUT2D eigenvalue weighted by atomic mass is 10.1. The molecular weight excluding hydrogens is 170 g/mol. The maximum absolute atomic E-state index is 3.73. The Balaban J connectivity index is 2.19. The zero-order valence-electron chi connectivity index (χ0n) is 8.72. The average Bonchev–Trinajstić information content (AvgIpc) is 2.57. The van der Waals surface area contributed by atoms with Gasteiger partial charge >= 0.3 is 0 Å². The maximum Gasteiger partial charge on any atom is 0.0328 e. The number of nitrogens with one attached hydrogen (secondary N) is 1. The Hall–Kier alpha value is -1.08. The van der Waals surface area contributed by atoms with Crippen LogP contribution in [0, 0.1) is 6.92 Å². The second-order valence-corrected chi connectivity index (χ2v) is 3.99. The minimum absolute atomic E-state index is 0.544. The zero-order valence-corrected chi connectivity index (χ0v) is 8.72. The highest BCUT2D eigenvalue weighted by Gasteiger charge is 2.20. The Bertz CT molecular complexity index is 341. The molecule has 14 heavy (non-hydrogen) atoms. The fourth-order valence-electron chi connectivity index (χ4n) is 2.16. The number of hydrogen-bond donors (Lipinski definition) is 1. The molecule has 1 nitrogen and oxygen atoms in total. The zero-order chi connectivity index (χ0) is 9.97. The summed E-state index contributed by atoms with van der Waals surface area (Å²) in [6, 6.07) is 7.32. The predicted octanol–water partition coefficient (Wildman–Crippen LogP) is 2.76. The molecule has 0 saturated heterocycles. The lowest BCUT2D eigenvalue weighted by Gasteiger charge is -2.12. The first-order valence-electron chi connectivity index (χ1n) is 5.25. The highest BCUT2D eigenvalue weighted by atomic mass is 14.9. The average molecular weight is 187 g/mol. The van der Waals surface area contributed by atoms with Crippen molar-refractivity contribution in [2.75, 3.05) is 6.54 Å². The van der Waals surface area contributed by atoms with E-state index in [4.69, 9.17) is 0 Å². The van der Waals surface area contributed by atoms with Gasteiger partial charge in [0.25, 0.3) is 0 Å².